The van der Waals surface area contributed by atoms with Crippen molar-refractivity contribution in [1.29, 1.82) is 0 Å². The van der Waals surface area contributed by atoms with Crippen molar-refractivity contribution in [3.63, 3.8) is 0 Å². The Bertz CT molecular complexity index is 1320. The van der Waals surface area contributed by atoms with E-state index in [9.17, 15) is 31.5 Å². The Morgan fingerprint density at radius 3 is 2.24 bits per heavy atom. The highest BCUT2D eigenvalue weighted by Gasteiger charge is 2.39. The van der Waals surface area contributed by atoms with Crippen molar-refractivity contribution in [3.05, 3.63) is 93.0 Å². The second-order valence-electron chi connectivity index (χ2n) is 10.9. The summed E-state index contributed by atoms with van der Waals surface area (Å²) in [5.41, 5.74) is -0.857. The maximum Gasteiger partial charge on any atom is 0.416 e. The van der Waals surface area contributed by atoms with E-state index in [1.807, 2.05) is 26.1 Å². The van der Waals surface area contributed by atoms with Crippen molar-refractivity contribution in [2.45, 2.75) is 38.0 Å². The van der Waals surface area contributed by atoms with E-state index in [0.29, 0.717) is 54.6 Å². The zero-order valence-electron chi connectivity index (χ0n) is 23.2. The lowest BCUT2D eigenvalue weighted by Gasteiger charge is -2.43. The topological polar surface area (TPSA) is 67.3 Å². The SMILES string of the molecule is Cc1ccccc1/C1=C/C(N2CCN(C)CC2)OC2=C(CNCN2)C(Cc2cc(C(F)(F)F)cc(C(F)(F)F)c2)[NH+]1[O-]. The van der Waals surface area contributed by atoms with Crippen LogP contribution in [0, 0.1) is 12.1 Å². The van der Waals surface area contributed by atoms with Gasteiger partial charge in [-0.1, -0.05) is 18.2 Å². The molecule has 3 N–H and O–H groups in total. The maximum atomic E-state index is 14.5. The second kappa shape index (κ2) is 11.9. The van der Waals surface area contributed by atoms with Gasteiger partial charge in [0, 0.05) is 50.8 Å². The Balaban J connectivity index is 1.62. The van der Waals surface area contributed by atoms with Gasteiger partial charge in [-0.05, 0) is 49.4 Å². The molecule has 2 aromatic carbocycles. The molecular weight excluding hydrogens is 564 g/mol. The first kappa shape index (κ1) is 30.4. The van der Waals surface area contributed by atoms with Gasteiger partial charge in [0.15, 0.2) is 12.1 Å². The van der Waals surface area contributed by atoms with Crippen LogP contribution in [0.5, 0.6) is 0 Å². The predicted molar refractivity (Wildman–Crippen MR) is 144 cm³/mol. The van der Waals surface area contributed by atoms with E-state index in [0.717, 1.165) is 18.7 Å². The van der Waals surface area contributed by atoms with Crippen LogP contribution >= 0.6 is 0 Å². The van der Waals surface area contributed by atoms with Crippen LogP contribution in [-0.2, 0) is 23.5 Å². The summed E-state index contributed by atoms with van der Waals surface area (Å²) >= 11 is 0. The van der Waals surface area contributed by atoms with Gasteiger partial charge in [-0.15, -0.1) is 0 Å². The maximum absolute atomic E-state index is 14.5. The number of nitrogens with zero attached hydrogens (tertiary/aromatic N) is 2. The summed E-state index contributed by atoms with van der Waals surface area (Å²) in [5.74, 6) is 0.319. The minimum atomic E-state index is -5.00. The number of hydrogen-bond acceptors (Lipinski definition) is 6. The molecule has 42 heavy (non-hydrogen) atoms. The fraction of sp³-hybridized carbons (Fsp3) is 0.448. The number of halogens is 6. The molecule has 0 amide bonds. The molecule has 0 saturated carbocycles. The van der Waals surface area contributed by atoms with Crippen molar-refractivity contribution in [1.82, 2.24) is 20.4 Å². The zero-order chi connectivity index (χ0) is 30.2. The van der Waals surface area contributed by atoms with Gasteiger partial charge < -0.3 is 25.2 Å². The molecule has 0 aromatic heterocycles. The highest BCUT2D eigenvalue weighted by Crippen LogP contribution is 2.37. The number of hydroxylamine groups is 2. The van der Waals surface area contributed by atoms with Gasteiger partial charge in [-0.3, -0.25) is 10.2 Å². The fourth-order valence-electron chi connectivity index (χ4n) is 5.60. The van der Waals surface area contributed by atoms with Crippen LogP contribution < -0.4 is 15.7 Å². The number of ether oxygens (including phenoxy) is 1. The third kappa shape index (κ3) is 6.60. The number of piperazine rings is 1. The summed E-state index contributed by atoms with van der Waals surface area (Å²) in [6, 6.07) is 7.65. The molecule has 5 rings (SSSR count). The van der Waals surface area contributed by atoms with Crippen LogP contribution in [0.15, 0.2) is 60.0 Å². The first-order valence-electron chi connectivity index (χ1n) is 13.7. The number of quaternary nitrogens is 1. The predicted octanol–water partition coefficient (Wildman–Crippen LogP) is 3.33. The number of aryl methyl sites for hydroxylation is 1. The number of hydrogen-bond donors (Lipinski definition) is 3. The first-order chi connectivity index (χ1) is 19.8. The Kier molecular flexibility index (Phi) is 8.59. The first-order valence-corrected chi connectivity index (χ1v) is 13.7. The molecule has 0 spiro atoms. The molecule has 3 aliphatic rings. The zero-order valence-corrected chi connectivity index (χ0v) is 23.2. The monoisotopic (exact) mass is 597 g/mol. The Labute approximate surface area is 240 Å². The minimum absolute atomic E-state index is 0.0975. The molecule has 228 valence electrons. The van der Waals surface area contributed by atoms with E-state index in [1.165, 1.54) is 0 Å². The van der Waals surface area contributed by atoms with Gasteiger partial charge >= 0.3 is 12.4 Å². The normalized spacial score (nSPS) is 25.9. The summed E-state index contributed by atoms with van der Waals surface area (Å²) in [7, 11) is 2.02. The molecule has 0 aliphatic carbocycles. The summed E-state index contributed by atoms with van der Waals surface area (Å²) in [4.78, 5) is 4.30. The molecule has 1 fully saturated rings. The molecule has 3 atom stereocenters. The Morgan fingerprint density at radius 1 is 0.976 bits per heavy atom. The second-order valence-corrected chi connectivity index (χ2v) is 10.9. The lowest BCUT2D eigenvalue weighted by Crippen LogP contribution is -3.09. The molecule has 3 unspecified atom stereocenters. The third-order valence-corrected chi connectivity index (χ3v) is 7.95. The van der Waals surface area contributed by atoms with Gasteiger partial charge in [-0.2, -0.15) is 26.3 Å². The smallest absolute Gasteiger partial charge is 0.416 e. The lowest BCUT2D eigenvalue weighted by atomic mass is 9.93. The standard InChI is InChI=1S/C29H33F6N5O2/c1-18-5-3-4-6-22(18)25-15-26(39-9-7-38(2)8-10-39)42-27-23(16-36-17-37-27)24(40(25)41)13-19-11-20(28(30,31)32)14-21(12-19)29(33,34)35/h3-6,11-12,14-15,24,26,36-37,40H,7-10,13,16-17H2,1-2H3/b25-15-. The van der Waals surface area contributed by atoms with Gasteiger partial charge in [0.05, 0.1) is 23.4 Å². The van der Waals surface area contributed by atoms with Gasteiger partial charge in [-0.25, -0.2) is 0 Å². The van der Waals surface area contributed by atoms with E-state index >= 15 is 0 Å². The fourth-order valence-corrected chi connectivity index (χ4v) is 5.60. The summed E-state index contributed by atoms with van der Waals surface area (Å²) in [6.45, 7) is 5.30. The van der Waals surface area contributed by atoms with Crippen molar-refractivity contribution in [2.24, 2.45) is 0 Å². The molecule has 1 saturated heterocycles. The van der Waals surface area contributed by atoms with E-state index in [2.05, 4.69) is 20.4 Å². The van der Waals surface area contributed by atoms with Crippen LogP contribution in [0.3, 0.4) is 0 Å². The van der Waals surface area contributed by atoms with Crippen molar-refractivity contribution in [3.8, 4) is 0 Å². The largest absolute Gasteiger partial charge is 0.628 e. The molecule has 0 bridgehead atoms. The van der Waals surface area contributed by atoms with E-state index in [4.69, 9.17) is 4.74 Å². The van der Waals surface area contributed by atoms with Crippen molar-refractivity contribution < 1.29 is 36.1 Å². The quantitative estimate of drug-likeness (QED) is 0.372. The molecule has 7 nitrogen and oxygen atoms in total. The molecule has 3 heterocycles. The number of alkyl halides is 6. The lowest BCUT2D eigenvalue weighted by molar-refractivity contribution is -0.793. The molecule has 3 aliphatic heterocycles. The molecule has 2 aromatic rings. The number of benzene rings is 2. The highest BCUT2D eigenvalue weighted by atomic mass is 19.4. The molecular formula is C29H33F6N5O2. The van der Waals surface area contributed by atoms with E-state index in [1.54, 1.807) is 18.2 Å². The minimum Gasteiger partial charge on any atom is -0.628 e. The number of likely N-dealkylation sites (N-methyl/N-ethyl adjacent to an activating group) is 1. The van der Waals surface area contributed by atoms with Crippen LogP contribution in [0.25, 0.3) is 5.70 Å². The van der Waals surface area contributed by atoms with Crippen LogP contribution in [0.4, 0.5) is 26.3 Å². The average molecular weight is 598 g/mol. The highest BCUT2D eigenvalue weighted by molar-refractivity contribution is 5.62. The van der Waals surface area contributed by atoms with Gasteiger partial charge in [0.1, 0.15) is 11.7 Å². The summed E-state index contributed by atoms with van der Waals surface area (Å²) in [6.07, 6.45) is -9.24. The summed E-state index contributed by atoms with van der Waals surface area (Å²) in [5, 5.41) is 20.3. The van der Waals surface area contributed by atoms with Crippen LogP contribution in [-0.4, -0.2) is 68.5 Å². The van der Waals surface area contributed by atoms with E-state index in [-0.39, 0.29) is 24.6 Å². The average Bonchev–Trinajstić information content (AvgIpc) is 2.93. The number of nitrogens with one attached hydrogen (secondary N) is 3. The Hall–Kier alpha value is -3.10. The van der Waals surface area contributed by atoms with Crippen LogP contribution in [0.2, 0.25) is 0 Å². The Morgan fingerprint density at radius 2 is 1.62 bits per heavy atom. The van der Waals surface area contributed by atoms with Gasteiger partial charge in [0.2, 0.25) is 0 Å². The van der Waals surface area contributed by atoms with Gasteiger partial charge in [0.25, 0.3) is 0 Å². The summed E-state index contributed by atoms with van der Waals surface area (Å²) < 4.78 is 88.4. The van der Waals surface area contributed by atoms with Crippen molar-refractivity contribution in [2.75, 3.05) is 46.4 Å². The number of rotatable bonds is 4. The van der Waals surface area contributed by atoms with Crippen molar-refractivity contribution >= 4 is 5.70 Å². The van der Waals surface area contributed by atoms with Crippen LogP contribution in [0.1, 0.15) is 27.8 Å². The van der Waals surface area contributed by atoms with E-state index < -0.39 is 40.8 Å². The molecule has 13 heteroatoms. The molecule has 0 radical (unpaired) electrons. The third-order valence-electron chi connectivity index (χ3n) is 7.95.